The number of carboxylic acid groups (broad SMARTS) is 1. The molecule has 1 amide bonds. The molecule has 3 rings (SSSR count). The van der Waals surface area contributed by atoms with E-state index in [9.17, 15) is 30.8 Å². The number of sulfonamides is 1. The number of nitrogens with one attached hydrogen (secondary N) is 1. The molecule has 2 heterocycles. The first kappa shape index (κ1) is 29.3. The molecule has 1 aliphatic heterocycles. The van der Waals surface area contributed by atoms with Crippen molar-refractivity contribution in [1.82, 2.24) is 15.0 Å². The maximum Gasteiger partial charge on any atom is 0.490 e. The highest BCUT2D eigenvalue weighted by Crippen LogP contribution is 2.30. The normalized spacial score (nSPS) is 17.7. The summed E-state index contributed by atoms with van der Waals surface area (Å²) in [6, 6.07) is 3.53. The van der Waals surface area contributed by atoms with Gasteiger partial charge in [-0.3, -0.25) is 9.52 Å². The van der Waals surface area contributed by atoms with Gasteiger partial charge in [0.05, 0.1) is 29.8 Å². The molecule has 0 bridgehead atoms. The van der Waals surface area contributed by atoms with Crippen LogP contribution in [0.2, 0.25) is 5.02 Å². The first-order valence-electron chi connectivity index (χ1n) is 10.1. The Balaban J connectivity index is 0.000000572. The highest BCUT2D eigenvalue weighted by Gasteiger charge is 2.38. The Hall–Kier alpha value is -2.98. The number of likely N-dealkylation sites (tertiary alicyclic amines) is 1. The summed E-state index contributed by atoms with van der Waals surface area (Å²) in [5.74, 6) is -3.40. The van der Waals surface area contributed by atoms with Gasteiger partial charge in [0.15, 0.2) is 0 Å². The molecular formula is C19H22ClF4N5O6S. The number of carbonyl (C=O) groups excluding carboxylic acids is 1. The van der Waals surface area contributed by atoms with Gasteiger partial charge in [-0.15, -0.1) is 0 Å². The second-order valence-corrected chi connectivity index (χ2v) is 9.97. The molecule has 36 heavy (non-hydrogen) atoms. The quantitative estimate of drug-likeness (QED) is 0.450. The van der Waals surface area contributed by atoms with Crippen LogP contribution in [0, 0.1) is 0 Å². The first-order valence-corrected chi connectivity index (χ1v) is 12.4. The van der Waals surface area contributed by atoms with Gasteiger partial charge in [-0.05, 0) is 24.6 Å². The second-order valence-electron chi connectivity index (χ2n) is 7.81. The Kier molecular flexibility index (Phi) is 9.25. The molecule has 0 spiro atoms. The van der Waals surface area contributed by atoms with E-state index in [1.165, 1.54) is 17.0 Å². The average molecular weight is 560 g/mol. The molecule has 200 valence electrons. The number of anilines is 1. The summed E-state index contributed by atoms with van der Waals surface area (Å²) in [5.41, 5.74) is 6.76. The van der Waals surface area contributed by atoms with E-state index in [1.54, 1.807) is 13.0 Å². The Bertz CT molecular complexity index is 1210. The second kappa shape index (κ2) is 11.4. The molecule has 11 nitrogen and oxygen atoms in total. The zero-order chi connectivity index (χ0) is 27.4. The van der Waals surface area contributed by atoms with Gasteiger partial charge in [0.1, 0.15) is 6.17 Å². The van der Waals surface area contributed by atoms with Gasteiger partial charge in [0.25, 0.3) is 0 Å². The largest absolute Gasteiger partial charge is 0.490 e. The predicted molar refractivity (Wildman–Crippen MR) is 119 cm³/mol. The van der Waals surface area contributed by atoms with Crippen LogP contribution in [0.1, 0.15) is 25.2 Å². The topological polar surface area (TPSA) is 169 Å². The van der Waals surface area contributed by atoms with Gasteiger partial charge in [-0.2, -0.15) is 18.2 Å². The molecule has 0 unspecified atom stereocenters. The highest BCUT2D eigenvalue weighted by molar-refractivity contribution is 7.92. The van der Waals surface area contributed by atoms with Crippen LogP contribution in [0.15, 0.2) is 22.7 Å². The number of benzene rings is 1. The van der Waals surface area contributed by atoms with Crippen molar-refractivity contribution in [1.29, 1.82) is 0 Å². The number of aromatic nitrogens is 2. The Morgan fingerprint density at radius 3 is 2.44 bits per heavy atom. The minimum Gasteiger partial charge on any atom is -0.475 e. The lowest BCUT2D eigenvalue weighted by atomic mass is 10.0. The highest BCUT2D eigenvalue weighted by atomic mass is 35.5. The molecule has 1 aromatic heterocycles. The van der Waals surface area contributed by atoms with E-state index in [0.29, 0.717) is 24.2 Å². The van der Waals surface area contributed by atoms with Crippen LogP contribution >= 0.6 is 11.6 Å². The SMILES string of the molecule is C[C@H](c1nc(-c2ccc(NS(C)(=O)=O)cc2Cl)no1)[C@H](N)C(=O)N1CC[C@@H](F)C1.O=C(O)C(F)(F)F. The third kappa shape index (κ3) is 8.03. The van der Waals surface area contributed by atoms with Gasteiger partial charge >= 0.3 is 12.1 Å². The number of hydrogen-bond acceptors (Lipinski definition) is 8. The molecule has 4 N–H and O–H groups in total. The van der Waals surface area contributed by atoms with Crippen LogP contribution < -0.4 is 10.5 Å². The molecule has 0 saturated carbocycles. The van der Waals surface area contributed by atoms with Crippen molar-refractivity contribution in [2.45, 2.75) is 37.7 Å². The first-order chi connectivity index (χ1) is 16.5. The van der Waals surface area contributed by atoms with Crippen molar-refractivity contribution in [2.75, 3.05) is 24.1 Å². The number of rotatable bonds is 6. The maximum atomic E-state index is 13.3. The Labute approximate surface area is 207 Å². The van der Waals surface area contributed by atoms with Crippen molar-refractivity contribution >= 4 is 39.2 Å². The predicted octanol–water partition coefficient (Wildman–Crippen LogP) is 2.40. The van der Waals surface area contributed by atoms with E-state index >= 15 is 0 Å². The zero-order valence-corrected chi connectivity index (χ0v) is 20.4. The molecule has 1 aromatic carbocycles. The van der Waals surface area contributed by atoms with Gasteiger partial charge < -0.3 is 20.3 Å². The molecule has 17 heteroatoms. The number of hydrogen-bond donors (Lipinski definition) is 3. The smallest absolute Gasteiger partial charge is 0.475 e. The maximum absolute atomic E-state index is 13.3. The van der Waals surface area contributed by atoms with E-state index in [2.05, 4.69) is 14.9 Å². The molecule has 1 fully saturated rings. The third-order valence-corrected chi connectivity index (χ3v) is 5.77. The number of amides is 1. The van der Waals surface area contributed by atoms with Crippen LogP contribution in [0.4, 0.5) is 23.2 Å². The van der Waals surface area contributed by atoms with E-state index < -0.39 is 40.3 Å². The van der Waals surface area contributed by atoms with Crippen LogP contribution in [-0.2, 0) is 19.6 Å². The molecular weight excluding hydrogens is 538 g/mol. The Morgan fingerprint density at radius 2 is 1.97 bits per heavy atom. The van der Waals surface area contributed by atoms with Crippen LogP contribution in [-0.4, -0.2) is 78.2 Å². The number of aliphatic carboxylic acids is 1. The summed E-state index contributed by atoms with van der Waals surface area (Å²) in [5, 5.41) is 11.2. The molecule has 1 saturated heterocycles. The van der Waals surface area contributed by atoms with Crippen molar-refractivity contribution < 1.29 is 45.2 Å². The number of halogens is 5. The molecule has 0 aliphatic carbocycles. The lowest BCUT2D eigenvalue weighted by molar-refractivity contribution is -0.192. The van der Waals surface area contributed by atoms with Crippen LogP contribution in [0.25, 0.3) is 11.4 Å². The fraction of sp³-hybridized carbons (Fsp3) is 0.474. The minimum atomic E-state index is -5.08. The van der Waals surface area contributed by atoms with Crippen molar-refractivity contribution in [3.63, 3.8) is 0 Å². The number of alkyl halides is 4. The van der Waals surface area contributed by atoms with E-state index in [4.69, 9.17) is 31.8 Å². The fourth-order valence-electron chi connectivity index (χ4n) is 3.00. The summed E-state index contributed by atoms with van der Waals surface area (Å²) in [6.07, 6.45) is -4.78. The van der Waals surface area contributed by atoms with Gasteiger partial charge in [-0.1, -0.05) is 23.7 Å². The number of carboxylic acids is 1. The zero-order valence-electron chi connectivity index (χ0n) is 18.8. The molecule has 1 aliphatic rings. The summed E-state index contributed by atoms with van der Waals surface area (Å²) >= 11 is 6.22. The summed E-state index contributed by atoms with van der Waals surface area (Å²) in [7, 11) is -3.44. The molecule has 2 aromatic rings. The van der Waals surface area contributed by atoms with Crippen molar-refractivity contribution in [2.24, 2.45) is 5.73 Å². The molecule has 3 atom stereocenters. The fourth-order valence-corrected chi connectivity index (χ4v) is 3.82. The van der Waals surface area contributed by atoms with Gasteiger partial charge in [0, 0.05) is 17.8 Å². The van der Waals surface area contributed by atoms with Gasteiger partial charge in [-0.25, -0.2) is 17.6 Å². The summed E-state index contributed by atoms with van der Waals surface area (Å²) < 4.78 is 75.3. The summed E-state index contributed by atoms with van der Waals surface area (Å²) in [4.78, 5) is 27.0. The van der Waals surface area contributed by atoms with E-state index in [0.717, 1.165) is 6.26 Å². The number of nitrogens with two attached hydrogens (primary N) is 1. The van der Waals surface area contributed by atoms with E-state index in [1.807, 2.05) is 0 Å². The van der Waals surface area contributed by atoms with E-state index in [-0.39, 0.29) is 29.2 Å². The Morgan fingerprint density at radius 1 is 1.36 bits per heavy atom. The average Bonchev–Trinajstić information content (AvgIpc) is 3.40. The lowest BCUT2D eigenvalue weighted by Crippen LogP contribution is -2.45. The van der Waals surface area contributed by atoms with Gasteiger partial charge in [0.2, 0.25) is 27.6 Å². The lowest BCUT2D eigenvalue weighted by Gasteiger charge is -2.22. The van der Waals surface area contributed by atoms with Crippen LogP contribution in [0.3, 0.4) is 0 Å². The minimum absolute atomic E-state index is 0.0395. The van der Waals surface area contributed by atoms with Crippen molar-refractivity contribution in [3.8, 4) is 11.4 Å². The molecule has 0 radical (unpaired) electrons. The number of carbonyl (C=O) groups is 2. The standard InChI is InChI=1S/C17H21ClFN5O4S.C2HF3O2/c1-9(14(20)17(25)24-6-5-10(19)8-24)16-21-15(22-28-16)12-4-3-11(7-13(12)18)23-29(2,26)27;3-2(4,5)1(6)7/h3-4,7,9-10,14,23H,5-6,8,20H2,1-2H3;(H,6,7)/t9-,10+,14-;/m0./s1. The monoisotopic (exact) mass is 559 g/mol. The third-order valence-electron chi connectivity index (χ3n) is 4.85. The summed E-state index contributed by atoms with van der Waals surface area (Å²) in [6.45, 7) is 2.04. The van der Waals surface area contributed by atoms with Crippen molar-refractivity contribution in [3.05, 3.63) is 29.1 Å². The van der Waals surface area contributed by atoms with Crippen LogP contribution in [0.5, 0.6) is 0 Å². The number of nitrogens with zero attached hydrogens (tertiary/aromatic N) is 3.